The molecule has 0 aliphatic heterocycles. The molecular formula is C10H13N3O3. The number of hydrogen-bond donors (Lipinski definition) is 3. The van der Waals surface area contributed by atoms with Gasteiger partial charge in [0.05, 0.1) is 11.3 Å². The second kappa shape index (κ2) is 5.22. The second-order valence-electron chi connectivity index (χ2n) is 3.18. The Morgan fingerprint density at radius 1 is 1.50 bits per heavy atom. The van der Waals surface area contributed by atoms with E-state index in [0.29, 0.717) is 18.8 Å². The molecule has 16 heavy (non-hydrogen) atoms. The lowest BCUT2D eigenvalue weighted by Gasteiger charge is -2.05. The van der Waals surface area contributed by atoms with Crippen LogP contribution in [0.2, 0.25) is 0 Å². The number of aromatic carboxylic acids is 1. The molecule has 0 spiro atoms. The molecule has 1 aromatic rings. The van der Waals surface area contributed by atoms with E-state index in [-0.39, 0.29) is 17.2 Å². The van der Waals surface area contributed by atoms with Gasteiger partial charge in [-0.05, 0) is 19.1 Å². The Bertz CT molecular complexity index is 418. The Kier molecular flexibility index (Phi) is 3.96. The highest BCUT2D eigenvalue weighted by Crippen LogP contribution is 2.06. The summed E-state index contributed by atoms with van der Waals surface area (Å²) in [5.41, 5.74) is 5.83. The first kappa shape index (κ1) is 12.1. The molecule has 1 aromatic heterocycles. The number of aromatic nitrogens is 1. The Morgan fingerprint density at radius 3 is 2.69 bits per heavy atom. The van der Waals surface area contributed by atoms with Crippen LogP contribution in [-0.2, 0) is 0 Å². The van der Waals surface area contributed by atoms with Crippen LogP contribution in [0.3, 0.4) is 0 Å². The van der Waals surface area contributed by atoms with Gasteiger partial charge < -0.3 is 16.2 Å². The number of carbonyl (C=O) groups is 2. The third-order valence-corrected chi connectivity index (χ3v) is 1.98. The van der Waals surface area contributed by atoms with Crippen LogP contribution in [0, 0.1) is 6.92 Å². The molecule has 0 radical (unpaired) electrons. The number of nitrogens with zero attached hydrogens (tertiary/aromatic N) is 1. The zero-order chi connectivity index (χ0) is 12.1. The van der Waals surface area contributed by atoms with Crippen LogP contribution in [-0.4, -0.2) is 35.1 Å². The predicted octanol–water partition coefficient (Wildman–Crippen LogP) is -0.223. The van der Waals surface area contributed by atoms with E-state index in [0.717, 1.165) is 0 Å². The summed E-state index contributed by atoms with van der Waals surface area (Å²) in [7, 11) is 0. The maximum Gasteiger partial charge on any atom is 0.337 e. The minimum absolute atomic E-state index is 0.0929. The highest BCUT2D eigenvalue weighted by atomic mass is 16.4. The number of amides is 1. The first-order valence-corrected chi connectivity index (χ1v) is 4.75. The normalized spacial score (nSPS) is 9.88. The van der Waals surface area contributed by atoms with E-state index in [9.17, 15) is 9.59 Å². The fourth-order valence-corrected chi connectivity index (χ4v) is 1.19. The van der Waals surface area contributed by atoms with Crippen molar-refractivity contribution < 1.29 is 14.7 Å². The molecule has 0 saturated carbocycles. The lowest BCUT2D eigenvalue weighted by atomic mass is 10.2. The lowest BCUT2D eigenvalue weighted by molar-refractivity contribution is 0.0694. The number of hydrogen-bond acceptors (Lipinski definition) is 4. The maximum absolute atomic E-state index is 11.5. The number of nitrogens with two attached hydrogens (primary N) is 1. The fraction of sp³-hybridized carbons (Fsp3) is 0.300. The van der Waals surface area contributed by atoms with Crippen molar-refractivity contribution in [3.63, 3.8) is 0 Å². The molecule has 1 heterocycles. The van der Waals surface area contributed by atoms with Crippen LogP contribution in [0.5, 0.6) is 0 Å². The van der Waals surface area contributed by atoms with Crippen LogP contribution in [0.25, 0.3) is 0 Å². The smallest absolute Gasteiger partial charge is 0.337 e. The number of rotatable bonds is 4. The number of carboxylic acid groups (broad SMARTS) is 1. The van der Waals surface area contributed by atoms with E-state index in [1.165, 1.54) is 12.1 Å². The lowest BCUT2D eigenvalue weighted by Crippen LogP contribution is -2.29. The molecule has 0 aliphatic carbocycles. The molecule has 6 heteroatoms. The number of pyridine rings is 1. The maximum atomic E-state index is 11.5. The van der Waals surface area contributed by atoms with Crippen LogP contribution >= 0.6 is 0 Å². The summed E-state index contributed by atoms with van der Waals surface area (Å²) in [5.74, 6) is -1.41. The predicted molar refractivity (Wildman–Crippen MR) is 57.3 cm³/mol. The zero-order valence-electron chi connectivity index (χ0n) is 8.86. The Hall–Kier alpha value is -1.95. The molecule has 1 amide bonds. The topological polar surface area (TPSA) is 105 Å². The average molecular weight is 223 g/mol. The number of carbonyl (C=O) groups excluding carboxylic acids is 1. The quantitative estimate of drug-likeness (QED) is 0.654. The van der Waals surface area contributed by atoms with Crippen molar-refractivity contribution in [3.05, 3.63) is 29.1 Å². The van der Waals surface area contributed by atoms with E-state index < -0.39 is 5.97 Å². The summed E-state index contributed by atoms with van der Waals surface area (Å²) in [5, 5.41) is 11.3. The van der Waals surface area contributed by atoms with Gasteiger partial charge in [-0.2, -0.15) is 0 Å². The summed E-state index contributed by atoms with van der Waals surface area (Å²) >= 11 is 0. The van der Waals surface area contributed by atoms with Gasteiger partial charge in [0.1, 0.15) is 5.69 Å². The van der Waals surface area contributed by atoms with E-state index in [4.69, 9.17) is 10.8 Å². The van der Waals surface area contributed by atoms with Gasteiger partial charge in [0.25, 0.3) is 5.91 Å². The van der Waals surface area contributed by atoms with Crippen molar-refractivity contribution >= 4 is 11.9 Å². The Labute approximate surface area is 92.5 Å². The highest BCUT2D eigenvalue weighted by molar-refractivity contribution is 5.94. The summed E-state index contributed by atoms with van der Waals surface area (Å²) in [4.78, 5) is 26.1. The molecule has 0 aliphatic rings. The van der Waals surface area contributed by atoms with E-state index >= 15 is 0 Å². The minimum atomic E-state index is -1.06. The van der Waals surface area contributed by atoms with Crippen molar-refractivity contribution in [2.24, 2.45) is 5.73 Å². The summed E-state index contributed by atoms with van der Waals surface area (Å²) in [6, 6.07) is 2.74. The Balaban J connectivity index is 2.88. The molecular weight excluding hydrogens is 210 g/mol. The molecule has 0 bridgehead atoms. The van der Waals surface area contributed by atoms with Crippen LogP contribution in [0.1, 0.15) is 26.5 Å². The third kappa shape index (κ3) is 2.77. The Morgan fingerprint density at radius 2 is 2.19 bits per heavy atom. The molecule has 0 saturated heterocycles. The number of carboxylic acids is 1. The van der Waals surface area contributed by atoms with E-state index in [2.05, 4.69) is 10.3 Å². The average Bonchev–Trinajstić information content (AvgIpc) is 2.25. The SMILES string of the molecule is Cc1nc(C(=O)NCCN)ccc1C(=O)O. The molecule has 4 N–H and O–H groups in total. The van der Waals surface area contributed by atoms with Gasteiger partial charge in [0, 0.05) is 13.1 Å². The van der Waals surface area contributed by atoms with Gasteiger partial charge in [0.2, 0.25) is 0 Å². The van der Waals surface area contributed by atoms with Crippen LogP contribution < -0.4 is 11.1 Å². The number of nitrogens with one attached hydrogen (secondary N) is 1. The van der Waals surface area contributed by atoms with Gasteiger partial charge in [-0.15, -0.1) is 0 Å². The largest absolute Gasteiger partial charge is 0.478 e. The van der Waals surface area contributed by atoms with Gasteiger partial charge >= 0.3 is 5.97 Å². The first-order chi connectivity index (χ1) is 7.56. The summed E-state index contributed by atoms with van der Waals surface area (Å²) < 4.78 is 0. The van der Waals surface area contributed by atoms with Crippen LogP contribution in [0.4, 0.5) is 0 Å². The van der Waals surface area contributed by atoms with Crippen molar-refractivity contribution in [1.29, 1.82) is 0 Å². The molecule has 1 rings (SSSR count). The van der Waals surface area contributed by atoms with Gasteiger partial charge in [0.15, 0.2) is 0 Å². The van der Waals surface area contributed by atoms with Gasteiger partial charge in [-0.25, -0.2) is 9.78 Å². The summed E-state index contributed by atoms with van der Waals surface area (Å²) in [6.07, 6.45) is 0. The first-order valence-electron chi connectivity index (χ1n) is 4.75. The van der Waals surface area contributed by atoms with Crippen molar-refractivity contribution in [2.45, 2.75) is 6.92 Å². The molecule has 0 unspecified atom stereocenters. The standard InChI is InChI=1S/C10H13N3O3/c1-6-7(10(15)16)2-3-8(13-6)9(14)12-5-4-11/h2-3H,4-5,11H2,1H3,(H,12,14)(H,15,16). The fourth-order valence-electron chi connectivity index (χ4n) is 1.19. The minimum Gasteiger partial charge on any atom is -0.478 e. The van der Waals surface area contributed by atoms with Crippen LogP contribution in [0.15, 0.2) is 12.1 Å². The molecule has 0 atom stereocenters. The summed E-state index contributed by atoms with van der Waals surface area (Å²) in [6.45, 7) is 2.25. The zero-order valence-corrected chi connectivity index (χ0v) is 8.86. The molecule has 0 fully saturated rings. The van der Waals surface area contributed by atoms with Gasteiger partial charge in [-0.3, -0.25) is 4.79 Å². The highest BCUT2D eigenvalue weighted by Gasteiger charge is 2.12. The molecule has 86 valence electrons. The third-order valence-electron chi connectivity index (χ3n) is 1.98. The second-order valence-corrected chi connectivity index (χ2v) is 3.18. The van der Waals surface area contributed by atoms with Crippen molar-refractivity contribution in [1.82, 2.24) is 10.3 Å². The van der Waals surface area contributed by atoms with Crippen molar-refractivity contribution in [3.8, 4) is 0 Å². The van der Waals surface area contributed by atoms with E-state index in [1.54, 1.807) is 6.92 Å². The molecule has 0 aromatic carbocycles. The van der Waals surface area contributed by atoms with Crippen molar-refractivity contribution in [2.75, 3.05) is 13.1 Å². The number of aryl methyl sites for hydroxylation is 1. The van der Waals surface area contributed by atoms with Gasteiger partial charge in [-0.1, -0.05) is 0 Å². The van der Waals surface area contributed by atoms with E-state index in [1.807, 2.05) is 0 Å². The monoisotopic (exact) mass is 223 g/mol. The molecule has 6 nitrogen and oxygen atoms in total.